The van der Waals surface area contributed by atoms with Crippen LogP contribution >= 0.6 is 11.6 Å². The highest BCUT2D eigenvalue weighted by Crippen LogP contribution is 2.32. The van der Waals surface area contributed by atoms with E-state index in [0.29, 0.717) is 66.1 Å². The third kappa shape index (κ3) is 7.49. The van der Waals surface area contributed by atoms with Gasteiger partial charge in [-0.2, -0.15) is 0 Å². The van der Waals surface area contributed by atoms with Crippen molar-refractivity contribution < 1.29 is 38.1 Å². The van der Waals surface area contributed by atoms with Crippen LogP contribution in [0.1, 0.15) is 48.0 Å². The van der Waals surface area contributed by atoms with Crippen LogP contribution in [-0.4, -0.2) is 104 Å². The SMILES string of the molecule is COC1CN([C@H]2C[C@@H](COC3CCC(C(=O)O)CC3)N(C(=O)Cc3ccc(NC(=O)c4coc5ccccc45)c(Cl)c3)C2)C[C@@H]1OC. The van der Waals surface area contributed by atoms with Crippen LogP contribution < -0.4 is 5.32 Å². The number of carboxylic acid groups (broad SMARTS) is 1. The second-order valence-corrected chi connectivity index (χ2v) is 13.2. The maximum Gasteiger partial charge on any atom is 0.306 e. The number of furan rings is 1. The Bertz CT molecular complexity index is 1580. The van der Waals surface area contributed by atoms with Crippen LogP contribution in [0.15, 0.2) is 53.1 Å². The van der Waals surface area contributed by atoms with Gasteiger partial charge in [0.25, 0.3) is 5.91 Å². The third-order valence-corrected chi connectivity index (χ3v) is 10.3. The fourth-order valence-corrected chi connectivity index (χ4v) is 7.51. The van der Waals surface area contributed by atoms with Gasteiger partial charge in [-0.25, -0.2) is 0 Å². The number of ether oxygens (including phenoxy) is 3. The monoisotopic (exact) mass is 667 g/mol. The van der Waals surface area contributed by atoms with E-state index in [1.54, 1.807) is 38.5 Å². The molecule has 1 aromatic heterocycles. The van der Waals surface area contributed by atoms with E-state index < -0.39 is 5.97 Å². The van der Waals surface area contributed by atoms with E-state index >= 15 is 0 Å². The minimum atomic E-state index is -0.740. The highest BCUT2D eigenvalue weighted by atomic mass is 35.5. The molecule has 2 N–H and O–H groups in total. The molecule has 2 aliphatic heterocycles. The maximum absolute atomic E-state index is 13.9. The number of halogens is 1. The predicted molar refractivity (Wildman–Crippen MR) is 176 cm³/mol. The Morgan fingerprint density at radius 1 is 1.00 bits per heavy atom. The number of hydrogen-bond donors (Lipinski definition) is 2. The lowest BCUT2D eigenvalue weighted by Gasteiger charge is -2.30. The summed E-state index contributed by atoms with van der Waals surface area (Å²) in [5, 5.41) is 13.3. The van der Waals surface area contributed by atoms with Crippen LogP contribution in [0, 0.1) is 5.92 Å². The Morgan fingerprint density at radius 2 is 1.72 bits per heavy atom. The zero-order valence-corrected chi connectivity index (χ0v) is 27.5. The number of amides is 2. The van der Waals surface area contributed by atoms with E-state index in [0.717, 1.165) is 25.1 Å². The van der Waals surface area contributed by atoms with Gasteiger partial charge in [0, 0.05) is 45.3 Å². The van der Waals surface area contributed by atoms with Crippen molar-refractivity contribution in [1.82, 2.24) is 9.80 Å². The molecule has 47 heavy (non-hydrogen) atoms. The van der Waals surface area contributed by atoms with Crippen LogP contribution in [0.4, 0.5) is 5.69 Å². The van der Waals surface area contributed by atoms with E-state index in [4.69, 9.17) is 30.2 Å². The Hall–Kier alpha value is -3.48. The van der Waals surface area contributed by atoms with Crippen molar-refractivity contribution in [3.63, 3.8) is 0 Å². The number of rotatable bonds is 11. The Morgan fingerprint density at radius 3 is 2.40 bits per heavy atom. The van der Waals surface area contributed by atoms with Crippen molar-refractivity contribution in [1.29, 1.82) is 0 Å². The number of carboxylic acids is 1. The summed E-state index contributed by atoms with van der Waals surface area (Å²) in [6.07, 6.45) is 4.89. The van der Waals surface area contributed by atoms with Gasteiger partial charge in [-0.1, -0.05) is 35.9 Å². The first-order valence-electron chi connectivity index (χ1n) is 16.2. The highest BCUT2D eigenvalue weighted by Gasteiger charge is 2.43. The zero-order valence-electron chi connectivity index (χ0n) is 26.7. The maximum atomic E-state index is 13.9. The lowest BCUT2D eigenvalue weighted by molar-refractivity contribution is -0.144. The number of fused-ring (bicyclic) bond motifs is 1. The largest absolute Gasteiger partial charge is 0.481 e. The summed E-state index contributed by atoms with van der Waals surface area (Å²) >= 11 is 6.60. The number of carbonyl (C=O) groups is 3. The lowest BCUT2D eigenvalue weighted by atomic mass is 9.87. The van der Waals surface area contributed by atoms with Gasteiger partial charge in [0.1, 0.15) is 11.8 Å². The molecule has 3 heterocycles. The highest BCUT2D eigenvalue weighted by molar-refractivity contribution is 6.34. The first-order chi connectivity index (χ1) is 22.7. The van der Waals surface area contributed by atoms with Crippen LogP contribution in [0.25, 0.3) is 11.0 Å². The van der Waals surface area contributed by atoms with Crippen LogP contribution in [0.2, 0.25) is 5.02 Å². The van der Waals surface area contributed by atoms with E-state index in [1.807, 2.05) is 23.1 Å². The van der Waals surface area contributed by atoms with Crippen molar-refractivity contribution in [2.75, 3.05) is 45.8 Å². The average Bonchev–Trinajstić information content (AvgIpc) is 3.82. The minimum Gasteiger partial charge on any atom is -0.481 e. The van der Waals surface area contributed by atoms with Gasteiger partial charge in [0.05, 0.1) is 59.6 Å². The summed E-state index contributed by atoms with van der Waals surface area (Å²) < 4.78 is 23.2. The zero-order chi connectivity index (χ0) is 33.1. The molecule has 0 bridgehead atoms. The van der Waals surface area contributed by atoms with Gasteiger partial charge in [0.2, 0.25) is 5.91 Å². The molecule has 0 radical (unpaired) electrons. The van der Waals surface area contributed by atoms with Gasteiger partial charge in [-0.05, 0) is 55.9 Å². The number of nitrogens with zero attached hydrogens (tertiary/aromatic N) is 2. The van der Waals surface area contributed by atoms with Gasteiger partial charge in [-0.15, -0.1) is 0 Å². The molecule has 252 valence electrons. The minimum absolute atomic E-state index is 0.00858. The number of likely N-dealkylation sites (tertiary alicyclic amines) is 2. The quantitative estimate of drug-likeness (QED) is 0.295. The molecule has 2 saturated heterocycles. The fraction of sp³-hybridized carbons (Fsp3) is 0.514. The summed E-state index contributed by atoms with van der Waals surface area (Å²) in [5.41, 5.74) is 2.21. The summed E-state index contributed by atoms with van der Waals surface area (Å²) in [5.74, 6) is -1.41. The van der Waals surface area contributed by atoms with Crippen molar-refractivity contribution in [2.24, 2.45) is 5.92 Å². The molecule has 6 rings (SSSR count). The van der Waals surface area contributed by atoms with Gasteiger partial charge < -0.3 is 34.0 Å². The summed E-state index contributed by atoms with van der Waals surface area (Å²) in [6.45, 7) is 2.41. The Labute approximate surface area is 279 Å². The van der Waals surface area contributed by atoms with E-state index in [1.165, 1.54) is 6.26 Å². The summed E-state index contributed by atoms with van der Waals surface area (Å²) in [7, 11) is 3.39. The molecule has 3 aromatic rings. The molecule has 12 heteroatoms. The fourth-order valence-electron chi connectivity index (χ4n) is 7.26. The number of anilines is 1. The normalized spacial score (nSPS) is 26.6. The molecule has 3 aliphatic rings. The van der Waals surface area contributed by atoms with E-state index in [9.17, 15) is 19.5 Å². The van der Waals surface area contributed by atoms with Crippen molar-refractivity contribution >= 4 is 46.0 Å². The first kappa shape index (κ1) is 33.4. The lowest BCUT2D eigenvalue weighted by Crippen LogP contribution is -2.41. The molecule has 4 atom stereocenters. The summed E-state index contributed by atoms with van der Waals surface area (Å²) in [4.78, 5) is 42.5. The Kier molecular flexibility index (Phi) is 10.5. The van der Waals surface area contributed by atoms with Gasteiger partial charge in [-0.3, -0.25) is 19.3 Å². The molecule has 11 nitrogen and oxygen atoms in total. The second-order valence-electron chi connectivity index (χ2n) is 12.8. The number of nitrogens with one attached hydrogen (secondary N) is 1. The first-order valence-corrected chi connectivity index (χ1v) is 16.6. The number of hydrogen-bond acceptors (Lipinski definition) is 8. The van der Waals surface area contributed by atoms with Crippen LogP contribution in [0.3, 0.4) is 0 Å². The number of methoxy groups -OCH3 is 2. The third-order valence-electron chi connectivity index (χ3n) is 9.99. The van der Waals surface area contributed by atoms with Crippen molar-refractivity contribution in [2.45, 2.75) is 68.9 Å². The molecule has 3 fully saturated rings. The topological polar surface area (TPSA) is 131 Å². The number of aliphatic carboxylic acids is 1. The van der Waals surface area contributed by atoms with Crippen LogP contribution in [-0.2, 0) is 30.2 Å². The standard InChI is InChI=1S/C35H42ClN3O8/c1-44-31-17-38(18-32(31)45-2)23-15-24(19-46-25-10-8-22(9-11-25)35(42)43)39(16-23)33(40)14-21-7-12-29(28(36)13-21)37-34(41)27-20-47-30-6-4-3-5-26(27)30/h3-7,12-13,20,22-25,31-32H,8-11,14-19H2,1-2H3,(H,37,41)(H,42,43)/t22?,23-,24-,25?,31-,32?/m0/s1. The molecule has 2 amide bonds. The van der Waals surface area contributed by atoms with Crippen LogP contribution in [0.5, 0.6) is 0 Å². The molecular weight excluding hydrogens is 626 g/mol. The van der Waals surface area contributed by atoms with Crippen molar-refractivity contribution in [3.8, 4) is 0 Å². The molecule has 1 aliphatic carbocycles. The number of carbonyl (C=O) groups excluding carboxylic acids is 2. The summed E-state index contributed by atoms with van der Waals surface area (Å²) in [6, 6.07) is 12.6. The number of benzene rings is 2. The smallest absolute Gasteiger partial charge is 0.306 e. The second kappa shape index (κ2) is 14.7. The molecule has 2 aromatic carbocycles. The molecular formula is C35H42ClN3O8. The Balaban J connectivity index is 1.11. The molecule has 1 unspecified atom stereocenters. The van der Waals surface area contributed by atoms with E-state index in [2.05, 4.69) is 10.2 Å². The average molecular weight is 668 g/mol. The number of para-hydroxylation sites is 1. The van der Waals surface area contributed by atoms with Crippen molar-refractivity contribution in [3.05, 3.63) is 64.9 Å². The van der Waals surface area contributed by atoms with E-state index in [-0.39, 0.29) is 54.5 Å². The molecule has 1 saturated carbocycles. The molecule has 0 spiro atoms. The van der Waals surface area contributed by atoms with Gasteiger partial charge in [0.15, 0.2) is 0 Å². The predicted octanol–water partition coefficient (Wildman–Crippen LogP) is 4.86. The van der Waals surface area contributed by atoms with Gasteiger partial charge >= 0.3 is 5.97 Å².